The van der Waals surface area contributed by atoms with Crippen LogP contribution in [0.15, 0.2) is 82.8 Å². The molecule has 0 aliphatic carbocycles. The first-order valence-electron chi connectivity index (χ1n) is 9.57. The normalized spacial score (nSPS) is 18.1. The van der Waals surface area contributed by atoms with E-state index in [1.165, 1.54) is 4.90 Å². The van der Waals surface area contributed by atoms with Crippen LogP contribution in [0.1, 0.15) is 28.3 Å². The molecular formula is C25H20BrNO3. The molecule has 0 saturated carbocycles. The quantitative estimate of drug-likeness (QED) is 0.309. The predicted molar refractivity (Wildman–Crippen MR) is 121 cm³/mol. The van der Waals surface area contributed by atoms with Crippen molar-refractivity contribution in [2.75, 3.05) is 4.90 Å². The number of benzene rings is 3. The molecule has 1 atom stereocenters. The minimum absolute atomic E-state index is 0.0912. The maximum Gasteiger partial charge on any atom is 0.300 e. The molecule has 4 nitrogen and oxygen atoms in total. The molecule has 1 saturated heterocycles. The SMILES string of the molecule is Cc1ccc(N2C(=O)C(=O)/C(=C(\O)c3ccc(Br)c(C)c3)C2c2ccccc2)cc1. The van der Waals surface area contributed by atoms with Crippen molar-refractivity contribution < 1.29 is 14.7 Å². The summed E-state index contributed by atoms with van der Waals surface area (Å²) in [5.74, 6) is -1.52. The highest BCUT2D eigenvalue weighted by molar-refractivity contribution is 9.10. The van der Waals surface area contributed by atoms with E-state index in [1.54, 1.807) is 12.1 Å². The third-order valence-corrected chi connectivity index (χ3v) is 6.19. The van der Waals surface area contributed by atoms with Gasteiger partial charge in [0.15, 0.2) is 0 Å². The molecule has 30 heavy (non-hydrogen) atoms. The fourth-order valence-electron chi connectivity index (χ4n) is 3.70. The number of ketones is 1. The van der Waals surface area contributed by atoms with Crippen LogP contribution in [0.2, 0.25) is 0 Å². The zero-order chi connectivity index (χ0) is 21.4. The lowest BCUT2D eigenvalue weighted by Gasteiger charge is -2.25. The van der Waals surface area contributed by atoms with Gasteiger partial charge in [0.2, 0.25) is 0 Å². The number of amides is 1. The van der Waals surface area contributed by atoms with Gasteiger partial charge in [-0.25, -0.2) is 0 Å². The van der Waals surface area contributed by atoms with Crippen LogP contribution < -0.4 is 4.90 Å². The van der Waals surface area contributed by atoms with Crippen LogP contribution in [0.3, 0.4) is 0 Å². The van der Waals surface area contributed by atoms with Gasteiger partial charge in [-0.05, 0) is 49.2 Å². The molecule has 3 aromatic rings. The first kappa shape index (κ1) is 20.1. The molecule has 150 valence electrons. The highest BCUT2D eigenvalue weighted by atomic mass is 79.9. The van der Waals surface area contributed by atoms with Crippen molar-refractivity contribution in [2.45, 2.75) is 19.9 Å². The van der Waals surface area contributed by atoms with E-state index in [-0.39, 0.29) is 11.3 Å². The van der Waals surface area contributed by atoms with Gasteiger partial charge in [-0.3, -0.25) is 14.5 Å². The van der Waals surface area contributed by atoms with Gasteiger partial charge in [0.05, 0.1) is 11.6 Å². The number of aliphatic hydroxyl groups is 1. The Morgan fingerprint density at radius 3 is 2.23 bits per heavy atom. The molecule has 1 fully saturated rings. The molecule has 1 unspecified atom stereocenters. The summed E-state index contributed by atoms with van der Waals surface area (Å²) >= 11 is 3.45. The van der Waals surface area contributed by atoms with Crippen LogP contribution >= 0.6 is 15.9 Å². The summed E-state index contributed by atoms with van der Waals surface area (Å²) < 4.78 is 0.902. The van der Waals surface area contributed by atoms with E-state index in [0.29, 0.717) is 11.3 Å². The van der Waals surface area contributed by atoms with E-state index in [2.05, 4.69) is 15.9 Å². The molecule has 0 bridgehead atoms. The molecule has 3 aromatic carbocycles. The number of anilines is 1. The zero-order valence-electron chi connectivity index (χ0n) is 16.6. The lowest BCUT2D eigenvalue weighted by atomic mass is 9.94. The summed E-state index contributed by atoms with van der Waals surface area (Å²) in [7, 11) is 0. The number of nitrogens with zero attached hydrogens (tertiary/aromatic N) is 1. The first-order valence-corrected chi connectivity index (χ1v) is 10.4. The fourth-order valence-corrected chi connectivity index (χ4v) is 3.95. The molecule has 1 aliphatic rings. The molecule has 4 rings (SSSR count). The second-order valence-electron chi connectivity index (χ2n) is 7.38. The van der Waals surface area contributed by atoms with E-state index in [4.69, 9.17) is 0 Å². The van der Waals surface area contributed by atoms with Crippen molar-refractivity contribution in [3.8, 4) is 0 Å². The highest BCUT2D eigenvalue weighted by Crippen LogP contribution is 2.42. The molecule has 0 spiro atoms. The van der Waals surface area contributed by atoms with Gasteiger partial charge in [0.25, 0.3) is 11.7 Å². The van der Waals surface area contributed by atoms with Crippen molar-refractivity contribution in [1.82, 2.24) is 0 Å². The smallest absolute Gasteiger partial charge is 0.300 e. The minimum atomic E-state index is -0.710. The lowest BCUT2D eigenvalue weighted by molar-refractivity contribution is -0.132. The first-order chi connectivity index (χ1) is 14.4. The summed E-state index contributed by atoms with van der Waals surface area (Å²) in [5.41, 5.74) is 3.93. The van der Waals surface area contributed by atoms with Crippen LogP contribution in [-0.4, -0.2) is 16.8 Å². The second-order valence-corrected chi connectivity index (χ2v) is 8.23. The number of carbonyl (C=O) groups is 2. The summed E-state index contributed by atoms with van der Waals surface area (Å²) in [6.07, 6.45) is 0. The van der Waals surface area contributed by atoms with Crippen molar-refractivity contribution in [3.05, 3.63) is 105 Å². The molecule has 0 radical (unpaired) electrons. The Morgan fingerprint density at radius 1 is 0.933 bits per heavy atom. The molecule has 0 aromatic heterocycles. The van der Waals surface area contributed by atoms with Crippen molar-refractivity contribution in [3.63, 3.8) is 0 Å². The summed E-state index contributed by atoms with van der Waals surface area (Å²) in [4.78, 5) is 27.6. The Hall–Kier alpha value is -3.18. The third kappa shape index (κ3) is 3.46. The Kier molecular flexibility index (Phi) is 5.31. The van der Waals surface area contributed by atoms with Gasteiger partial charge in [-0.1, -0.05) is 70.0 Å². The predicted octanol–water partition coefficient (Wildman–Crippen LogP) is 5.69. The molecular weight excluding hydrogens is 442 g/mol. The topological polar surface area (TPSA) is 57.6 Å². The van der Waals surface area contributed by atoms with Gasteiger partial charge >= 0.3 is 0 Å². The van der Waals surface area contributed by atoms with Gasteiger partial charge in [0.1, 0.15) is 5.76 Å². The van der Waals surface area contributed by atoms with Crippen LogP contribution in [0.4, 0.5) is 5.69 Å². The Labute approximate surface area is 183 Å². The molecule has 1 amide bonds. The van der Waals surface area contributed by atoms with E-state index in [1.807, 2.05) is 74.5 Å². The summed E-state index contributed by atoms with van der Waals surface area (Å²) in [6.45, 7) is 3.86. The van der Waals surface area contributed by atoms with E-state index in [9.17, 15) is 14.7 Å². The Balaban J connectivity index is 1.94. The van der Waals surface area contributed by atoms with Crippen molar-refractivity contribution in [1.29, 1.82) is 0 Å². The van der Waals surface area contributed by atoms with Crippen molar-refractivity contribution >= 4 is 39.1 Å². The number of aliphatic hydroxyl groups excluding tert-OH is 1. The largest absolute Gasteiger partial charge is 0.507 e. The van der Waals surface area contributed by atoms with Crippen LogP contribution in [0.25, 0.3) is 5.76 Å². The lowest BCUT2D eigenvalue weighted by Crippen LogP contribution is -2.29. The van der Waals surface area contributed by atoms with Gasteiger partial charge < -0.3 is 5.11 Å². The van der Waals surface area contributed by atoms with E-state index >= 15 is 0 Å². The molecule has 1 aliphatic heterocycles. The summed E-state index contributed by atoms with van der Waals surface area (Å²) in [6, 6.07) is 21.4. The maximum absolute atomic E-state index is 13.1. The van der Waals surface area contributed by atoms with Gasteiger partial charge in [-0.15, -0.1) is 0 Å². The van der Waals surface area contributed by atoms with Crippen LogP contribution in [0.5, 0.6) is 0 Å². The average Bonchev–Trinajstić information content (AvgIpc) is 3.02. The van der Waals surface area contributed by atoms with Gasteiger partial charge in [0, 0.05) is 15.7 Å². The van der Waals surface area contributed by atoms with E-state index < -0.39 is 17.7 Å². The Bertz CT molecular complexity index is 1170. The Morgan fingerprint density at radius 2 is 1.60 bits per heavy atom. The number of hydrogen-bond donors (Lipinski definition) is 1. The average molecular weight is 462 g/mol. The third-order valence-electron chi connectivity index (χ3n) is 5.30. The molecule has 1 N–H and O–H groups in total. The highest BCUT2D eigenvalue weighted by Gasteiger charge is 2.46. The number of carbonyl (C=O) groups excluding carboxylic acids is 2. The van der Waals surface area contributed by atoms with Gasteiger partial charge in [-0.2, -0.15) is 0 Å². The van der Waals surface area contributed by atoms with Crippen LogP contribution in [-0.2, 0) is 9.59 Å². The number of Topliss-reactive ketones (excluding diaryl/α,β-unsaturated/α-hetero) is 1. The maximum atomic E-state index is 13.1. The molecule has 5 heteroatoms. The monoisotopic (exact) mass is 461 g/mol. The van der Waals surface area contributed by atoms with E-state index in [0.717, 1.165) is 21.2 Å². The standard InChI is InChI=1S/C25H20BrNO3/c1-15-8-11-19(12-9-15)27-22(17-6-4-3-5-7-17)21(24(29)25(27)30)23(28)18-10-13-20(26)16(2)14-18/h3-14,22,28H,1-2H3/b23-21-. The number of halogens is 1. The number of rotatable bonds is 3. The summed E-state index contributed by atoms with van der Waals surface area (Å²) in [5, 5.41) is 11.1. The molecule has 1 heterocycles. The van der Waals surface area contributed by atoms with Crippen LogP contribution in [0, 0.1) is 13.8 Å². The number of aryl methyl sites for hydroxylation is 2. The zero-order valence-corrected chi connectivity index (χ0v) is 18.2. The fraction of sp³-hybridized carbons (Fsp3) is 0.120. The minimum Gasteiger partial charge on any atom is -0.507 e. The second kappa shape index (κ2) is 7.92. The number of hydrogen-bond acceptors (Lipinski definition) is 3. The van der Waals surface area contributed by atoms with Crippen molar-refractivity contribution in [2.24, 2.45) is 0 Å².